The van der Waals surface area contributed by atoms with Gasteiger partial charge in [0.25, 0.3) is 0 Å². The van der Waals surface area contributed by atoms with Gasteiger partial charge in [-0.3, -0.25) is 4.79 Å². The third-order valence-corrected chi connectivity index (χ3v) is 6.92. The van der Waals surface area contributed by atoms with E-state index >= 15 is 0 Å². The van der Waals surface area contributed by atoms with Crippen LogP contribution in [0.4, 0.5) is 4.39 Å². The van der Waals surface area contributed by atoms with Gasteiger partial charge in [0.2, 0.25) is 15.8 Å². The number of ether oxygens (including phenoxy) is 2. The highest BCUT2D eigenvalue weighted by Gasteiger charge is 2.30. The Hall–Kier alpha value is -2.33. The summed E-state index contributed by atoms with van der Waals surface area (Å²) in [5.74, 6) is -1.89. The van der Waals surface area contributed by atoms with Gasteiger partial charge in [-0.25, -0.2) is 17.6 Å². The summed E-state index contributed by atoms with van der Waals surface area (Å²) in [6, 6.07) is 8.57. The van der Waals surface area contributed by atoms with Crippen LogP contribution >= 0.6 is 11.6 Å². The van der Waals surface area contributed by atoms with Gasteiger partial charge < -0.3 is 9.47 Å². The van der Waals surface area contributed by atoms with Gasteiger partial charge >= 0.3 is 5.97 Å². The third-order valence-electron chi connectivity index (χ3n) is 4.54. The van der Waals surface area contributed by atoms with Gasteiger partial charge in [-0.1, -0.05) is 11.6 Å². The fourth-order valence-corrected chi connectivity index (χ4v) is 4.79. The Kier molecular flexibility index (Phi) is 6.87. The van der Waals surface area contributed by atoms with Crippen molar-refractivity contribution < 1.29 is 31.9 Å². The van der Waals surface area contributed by atoms with Crippen molar-refractivity contribution in [1.29, 1.82) is 0 Å². The molecule has 0 N–H and O–H groups in total. The first-order chi connectivity index (χ1) is 14.2. The summed E-state index contributed by atoms with van der Waals surface area (Å²) >= 11 is 6.08. The van der Waals surface area contributed by atoms with Gasteiger partial charge in [-0.15, -0.1) is 0 Å². The number of hydrogen-bond acceptors (Lipinski definition) is 6. The first kappa shape index (κ1) is 22.4. The molecule has 0 radical (unpaired) electrons. The highest BCUT2D eigenvalue weighted by molar-refractivity contribution is 7.89. The number of esters is 1. The fourth-order valence-electron chi connectivity index (χ4n) is 2.89. The molecule has 2 aromatic rings. The number of morpholine rings is 1. The van der Waals surface area contributed by atoms with E-state index in [4.69, 9.17) is 21.1 Å². The molecule has 160 valence electrons. The van der Waals surface area contributed by atoms with Gasteiger partial charge in [-0.05, 0) is 49.4 Å². The Morgan fingerprint density at radius 3 is 2.33 bits per heavy atom. The molecule has 3 rings (SSSR count). The Labute approximate surface area is 178 Å². The van der Waals surface area contributed by atoms with E-state index in [0.717, 1.165) is 18.2 Å². The number of rotatable bonds is 6. The van der Waals surface area contributed by atoms with E-state index in [1.807, 2.05) is 0 Å². The number of Topliss-reactive ketones (excluding diaryl/α,β-unsaturated/α-hetero) is 1. The summed E-state index contributed by atoms with van der Waals surface area (Å²) in [4.78, 5) is 24.7. The number of sulfonamides is 1. The van der Waals surface area contributed by atoms with Crippen LogP contribution in [0.2, 0.25) is 5.02 Å². The smallest absolute Gasteiger partial charge is 0.338 e. The standard InChI is InChI=1S/C20H19ClFNO6S/c1-13(19(24)14-2-5-16(22)6-3-14)29-20(25)15-4-7-17(21)18(12-15)30(26,27)23-8-10-28-11-9-23/h2-7,12-13H,8-11H2,1H3. The molecule has 0 spiro atoms. The van der Waals surface area contributed by atoms with E-state index in [1.165, 1.54) is 35.5 Å². The summed E-state index contributed by atoms with van der Waals surface area (Å²) in [5, 5.41) is -0.0338. The Morgan fingerprint density at radius 2 is 1.70 bits per heavy atom. The van der Waals surface area contributed by atoms with Crippen LogP contribution < -0.4 is 0 Å². The van der Waals surface area contributed by atoms with Crippen LogP contribution in [0.15, 0.2) is 47.4 Å². The van der Waals surface area contributed by atoms with E-state index in [0.29, 0.717) is 0 Å². The van der Waals surface area contributed by atoms with Gasteiger partial charge in [0, 0.05) is 18.7 Å². The highest BCUT2D eigenvalue weighted by atomic mass is 35.5. The first-order valence-electron chi connectivity index (χ1n) is 9.08. The molecule has 0 aromatic heterocycles. The normalized spacial score (nSPS) is 16.1. The van der Waals surface area contributed by atoms with Crippen LogP contribution in [-0.2, 0) is 19.5 Å². The number of hydrogen-bond donors (Lipinski definition) is 0. The van der Waals surface area contributed by atoms with E-state index < -0.39 is 33.7 Å². The van der Waals surface area contributed by atoms with E-state index in [2.05, 4.69) is 0 Å². The zero-order valence-electron chi connectivity index (χ0n) is 16.0. The SMILES string of the molecule is CC(OC(=O)c1ccc(Cl)c(S(=O)(=O)N2CCOCC2)c1)C(=O)c1ccc(F)cc1. The molecule has 30 heavy (non-hydrogen) atoms. The number of carbonyl (C=O) groups is 2. The van der Waals surface area contributed by atoms with Crippen LogP contribution in [0.3, 0.4) is 0 Å². The average molecular weight is 456 g/mol. The van der Waals surface area contributed by atoms with E-state index in [9.17, 15) is 22.4 Å². The van der Waals surface area contributed by atoms with Gasteiger partial charge in [0.15, 0.2) is 6.10 Å². The zero-order valence-corrected chi connectivity index (χ0v) is 17.6. The second kappa shape index (κ2) is 9.22. The van der Waals surface area contributed by atoms with Gasteiger partial charge in [-0.2, -0.15) is 4.31 Å². The summed E-state index contributed by atoms with van der Waals surface area (Å²) in [7, 11) is -3.93. The minimum atomic E-state index is -3.93. The molecule has 1 aliphatic heterocycles. The van der Waals surface area contributed by atoms with Crippen LogP contribution in [-0.4, -0.2) is 56.9 Å². The van der Waals surface area contributed by atoms with E-state index in [1.54, 1.807) is 0 Å². The molecular formula is C20H19ClFNO6S. The Balaban J connectivity index is 1.78. The lowest BCUT2D eigenvalue weighted by Gasteiger charge is -2.26. The predicted octanol–water partition coefficient (Wildman–Crippen LogP) is 2.93. The average Bonchev–Trinajstić information content (AvgIpc) is 2.74. The molecule has 0 aliphatic carbocycles. The summed E-state index contributed by atoms with van der Waals surface area (Å²) in [5.41, 5.74) is 0.119. The molecule has 1 saturated heterocycles. The minimum Gasteiger partial charge on any atom is -0.451 e. The van der Waals surface area contributed by atoms with Crippen LogP contribution in [0.1, 0.15) is 27.6 Å². The van der Waals surface area contributed by atoms with Crippen molar-refractivity contribution in [3.63, 3.8) is 0 Å². The van der Waals surface area contributed by atoms with Crippen molar-refractivity contribution in [3.05, 3.63) is 64.4 Å². The third kappa shape index (κ3) is 4.86. The Morgan fingerprint density at radius 1 is 1.10 bits per heavy atom. The molecule has 10 heteroatoms. The van der Waals surface area contributed by atoms with Crippen LogP contribution in [0.25, 0.3) is 0 Å². The largest absolute Gasteiger partial charge is 0.451 e. The number of halogens is 2. The maximum atomic E-state index is 13.0. The fraction of sp³-hybridized carbons (Fsp3) is 0.300. The predicted molar refractivity (Wildman–Crippen MR) is 107 cm³/mol. The lowest BCUT2D eigenvalue weighted by atomic mass is 10.1. The van der Waals surface area contributed by atoms with Crippen molar-refractivity contribution >= 4 is 33.4 Å². The molecule has 1 fully saturated rings. The van der Waals surface area contributed by atoms with Crippen molar-refractivity contribution in [3.8, 4) is 0 Å². The van der Waals surface area contributed by atoms with Crippen molar-refractivity contribution in [2.75, 3.05) is 26.3 Å². The van der Waals surface area contributed by atoms with Crippen LogP contribution in [0.5, 0.6) is 0 Å². The summed E-state index contributed by atoms with van der Waals surface area (Å²) in [6.45, 7) is 2.27. The maximum absolute atomic E-state index is 13.0. The molecule has 7 nitrogen and oxygen atoms in total. The highest BCUT2D eigenvalue weighted by Crippen LogP contribution is 2.27. The zero-order chi connectivity index (χ0) is 21.9. The molecule has 1 atom stereocenters. The van der Waals surface area contributed by atoms with Crippen LogP contribution in [0, 0.1) is 5.82 Å². The summed E-state index contributed by atoms with van der Waals surface area (Å²) in [6.07, 6.45) is -1.15. The quantitative estimate of drug-likeness (QED) is 0.491. The second-order valence-corrected chi connectivity index (χ2v) is 8.89. The molecule has 0 saturated carbocycles. The van der Waals surface area contributed by atoms with E-state index in [-0.39, 0.29) is 47.3 Å². The minimum absolute atomic E-state index is 0.0338. The second-order valence-electron chi connectivity index (χ2n) is 6.58. The first-order valence-corrected chi connectivity index (χ1v) is 10.9. The number of benzene rings is 2. The number of nitrogens with zero attached hydrogens (tertiary/aromatic N) is 1. The van der Waals surface area contributed by atoms with Crippen molar-refractivity contribution in [1.82, 2.24) is 4.31 Å². The lowest BCUT2D eigenvalue weighted by Crippen LogP contribution is -2.40. The molecule has 0 amide bonds. The van der Waals surface area contributed by atoms with Crippen molar-refractivity contribution in [2.45, 2.75) is 17.9 Å². The molecule has 1 aliphatic rings. The maximum Gasteiger partial charge on any atom is 0.338 e. The molecular weight excluding hydrogens is 437 g/mol. The molecule has 1 heterocycles. The van der Waals surface area contributed by atoms with Gasteiger partial charge in [0.1, 0.15) is 10.7 Å². The molecule has 2 aromatic carbocycles. The number of carbonyl (C=O) groups excluding carboxylic acids is 2. The monoisotopic (exact) mass is 455 g/mol. The molecule has 0 bridgehead atoms. The Bertz CT molecular complexity index is 1050. The van der Waals surface area contributed by atoms with Crippen molar-refractivity contribution in [2.24, 2.45) is 0 Å². The summed E-state index contributed by atoms with van der Waals surface area (Å²) < 4.78 is 50.3. The van der Waals surface area contributed by atoms with Gasteiger partial charge in [0.05, 0.1) is 23.8 Å². The lowest BCUT2D eigenvalue weighted by molar-refractivity contribution is 0.0318. The molecule has 1 unspecified atom stereocenters. The topological polar surface area (TPSA) is 90.0 Å². The number of ketones is 1.